The van der Waals surface area contributed by atoms with E-state index in [-0.39, 0.29) is 0 Å². The molecule has 8 rings (SSSR count). The summed E-state index contributed by atoms with van der Waals surface area (Å²) >= 11 is 0. The number of hydrogen-bond acceptors (Lipinski definition) is 43. The molecule has 49 heteroatoms. The van der Waals surface area contributed by atoms with Gasteiger partial charge in [0.2, 0.25) is 29.5 Å². The second kappa shape index (κ2) is 39.6. The number of carboxylic acid groups (broad SMARTS) is 1. The maximum atomic E-state index is 13.1. The number of amides is 5. The van der Waals surface area contributed by atoms with Crippen molar-refractivity contribution < 1.29 is 212 Å². The lowest BCUT2D eigenvalue weighted by Gasteiger charge is -2.51. The number of rotatable bonds is 30. The van der Waals surface area contributed by atoms with Crippen molar-refractivity contribution in [2.75, 3.05) is 52.9 Å². The van der Waals surface area contributed by atoms with E-state index in [1.807, 2.05) is 0 Å². The summed E-state index contributed by atoms with van der Waals surface area (Å²) in [7, 11) is 0. The zero-order chi connectivity index (χ0) is 80.6. The first kappa shape index (κ1) is 89.9. The van der Waals surface area contributed by atoms with Gasteiger partial charge in [0.15, 0.2) is 50.3 Å². The molecule has 8 saturated heterocycles. The lowest BCUT2D eigenvalue weighted by molar-refractivity contribution is -0.398. The van der Waals surface area contributed by atoms with Gasteiger partial charge in [0, 0.05) is 27.7 Å². The first-order valence-electron chi connectivity index (χ1n) is 34.4. The fraction of sp³-hybridized carbons (Fsp3) is 0.900. The Kier molecular flexibility index (Phi) is 32.6. The zero-order valence-corrected chi connectivity index (χ0v) is 58.5. The van der Waals surface area contributed by atoms with E-state index < -0.39 is 346 Å². The van der Waals surface area contributed by atoms with E-state index in [1.165, 1.54) is 0 Å². The van der Waals surface area contributed by atoms with E-state index in [2.05, 4.69) is 26.6 Å². The highest BCUT2D eigenvalue weighted by Gasteiger charge is 2.60. The molecule has 49 nitrogen and oxygen atoms in total. The van der Waals surface area contributed by atoms with E-state index >= 15 is 0 Å². The van der Waals surface area contributed by atoms with Crippen molar-refractivity contribution in [1.29, 1.82) is 0 Å². The highest BCUT2D eigenvalue weighted by atomic mass is 16.8. The fourth-order valence-electron chi connectivity index (χ4n) is 13.6. The first-order chi connectivity index (χ1) is 51.5. The minimum Gasteiger partial charge on any atom is -0.480 e. The van der Waals surface area contributed by atoms with Crippen LogP contribution < -0.4 is 32.3 Å². The number of aliphatic hydroxyl groups is 21. The number of carbonyl (C=O) groups is 6. The van der Waals surface area contributed by atoms with Crippen molar-refractivity contribution in [2.24, 2.45) is 5.73 Å². The van der Waals surface area contributed by atoms with Gasteiger partial charge in [0.25, 0.3) is 0 Å². The van der Waals surface area contributed by atoms with E-state index in [0.717, 1.165) is 27.7 Å². The largest absolute Gasteiger partial charge is 0.480 e. The topological polar surface area (TPSA) is 772 Å². The molecule has 628 valence electrons. The van der Waals surface area contributed by atoms with Crippen molar-refractivity contribution in [3.05, 3.63) is 0 Å². The smallest absolute Gasteiger partial charge is 0.321 e. The van der Waals surface area contributed by atoms with Crippen molar-refractivity contribution in [3.8, 4) is 0 Å². The molecule has 29 N–H and O–H groups in total. The SMILES string of the molecule is CC(=O)N[C@@H]1[C@@H](O)[C@H](O[C@@H]2O[C@H](CO)[C@@H](O[C@@H]3O[C@H](CO[C@H]4O[C@H](CO)[C@@H](O)[C@H](O)[C@@H]4O[C@@H]4O[C@H](CO)[C@@H](O)[C@H](O)[C@H]4NC(C)=O)[C@@H](O)[C@H](O[C@H]4O[C@H](CO)[C@@H](O)[C@H](O)[C@@H]4O[C@@H]4O[C@H](CO)[C@@H](O[C@@H]5O[C@H](CO)[C@H](O)[C@H](O)[C@H]5O)[C@H](O)[C@H]4NC(C)=O)[C@@H]3O)[C@H](O)[C@H]2NC(C)=O)[C@@H](CO)O[C@H]1NC(=O)C[C@H](N)C(=O)O. The van der Waals surface area contributed by atoms with Crippen molar-refractivity contribution in [1.82, 2.24) is 26.6 Å². The van der Waals surface area contributed by atoms with Crippen LogP contribution in [0.3, 0.4) is 0 Å². The van der Waals surface area contributed by atoms with Gasteiger partial charge in [0.05, 0.1) is 59.3 Å². The summed E-state index contributed by atoms with van der Waals surface area (Å²) < 4.78 is 89.3. The van der Waals surface area contributed by atoms with Crippen LogP contribution in [-0.4, -0.2) is 452 Å². The van der Waals surface area contributed by atoms with E-state index in [4.69, 9.17) is 76.8 Å². The highest BCUT2D eigenvalue weighted by Crippen LogP contribution is 2.39. The van der Waals surface area contributed by atoms with E-state index in [1.54, 1.807) is 0 Å². The molecule has 0 radical (unpaired) electrons. The van der Waals surface area contributed by atoms with Crippen LogP contribution in [0, 0.1) is 0 Å². The summed E-state index contributed by atoms with van der Waals surface area (Å²) in [5.74, 6) is -6.27. The first-order valence-corrected chi connectivity index (χ1v) is 34.4. The van der Waals surface area contributed by atoms with Gasteiger partial charge in [-0.15, -0.1) is 0 Å². The van der Waals surface area contributed by atoms with Gasteiger partial charge in [-0.05, 0) is 0 Å². The monoisotopic (exact) mass is 1590 g/mol. The Morgan fingerprint density at radius 1 is 0.312 bits per heavy atom. The van der Waals surface area contributed by atoms with E-state index in [0.29, 0.717) is 0 Å². The molecule has 8 aliphatic heterocycles. The van der Waals surface area contributed by atoms with Gasteiger partial charge < -0.3 is 216 Å². The Morgan fingerprint density at radius 2 is 0.624 bits per heavy atom. The number of carboxylic acids is 1. The Balaban J connectivity index is 1.14. The Bertz CT molecular complexity index is 2950. The molecular weight excluding hydrogens is 1490 g/mol. The Labute approximate surface area is 616 Å². The molecule has 0 aromatic rings. The third-order valence-corrected chi connectivity index (χ3v) is 19.3. The summed E-state index contributed by atoms with van der Waals surface area (Å²) in [5.41, 5.74) is 5.52. The lowest BCUT2D eigenvalue weighted by Crippen LogP contribution is -2.71. The van der Waals surface area contributed by atoms with Crippen molar-refractivity contribution in [2.45, 2.75) is 285 Å². The standard InChI is InChI=1S/C60H100N6O43/c1-14(74)62-28-38(85)46(23(10-71)96-52(28)66-27(78)5-18(61)53(93)94)104-55-30(64-16(3)76)39(86)48(25(12-73)101-55)106-58-45(92)49(36(83)26(103-58)13-95-59-50(42(89)34(81)21(8-69)99-59)108-54-29(63-15(2)75)37(84)32(79)19(6-67)97-54)107-60-51(43(90)35(82)22(9-70)100-60)109-56-31(65-17(4)77)40(87)47(24(11-72)102-56)105-57-44(91)41(88)33(80)20(7-68)98-57/h18-26,28-52,54-60,67-73,79-92H,5-13,61H2,1-4H3,(H,62,74)(H,63,75)(H,64,76)(H,65,77)(H,66,78)(H,93,94)/t18-,19+,20+,21+,22+,23+,24+,25+,26+,28+,29+,30+,31+,32+,33-,34+,35+,36+,37+,38+,39+,40+,41-,42-,43-,44+,45-,46+,47+,48+,49-,50-,51-,52+,54-,55-,56-,57-,58-,59-,60+/m0/s1. The molecular formula is C60H100N6O43. The van der Waals surface area contributed by atoms with Gasteiger partial charge in [-0.1, -0.05) is 0 Å². The molecule has 8 fully saturated rings. The van der Waals surface area contributed by atoms with Crippen LogP contribution in [0.4, 0.5) is 0 Å². The third kappa shape index (κ3) is 20.7. The molecule has 0 aliphatic carbocycles. The van der Waals surface area contributed by atoms with Gasteiger partial charge in [-0.25, -0.2) is 0 Å². The molecule has 8 heterocycles. The maximum Gasteiger partial charge on any atom is 0.321 e. The molecule has 5 amide bonds. The summed E-state index contributed by atoms with van der Waals surface area (Å²) in [6, 6.07) is -9.10. The normalized spacial score (nSPS) is 45.9. The number of aliphatic carboxylic acids is 1. The molecule has 0 saturated carbocycles. The number of ether oxygens (including phenoxy) is 15. The number of hydrogen-bond donors (Lipinski definition) is 28. The molecule has 0 bridgehead atoms. The molecule has 0 unspecified atom stereocenters. The van der Waals surface area contributed by atoms with Gasteiger partial charge in [0.1, 0.15) is 201 Å². The molecule has 0 spiro atoms. The Morgan fingerprint density at radius 3 is 1.06 bits per heavy atom. The minimum absolute atomic E-state index is 0.844. The predicted molar refractivity (Wildman–Crippen MR) is 337 cm³/mol. The van der Waals surface area contributed by atoms with Crippen LogP contribution in [0.1, 0.15) is 34.1 Å². The van der Waals surface area contributed by atoms with E-state index in [9.17, 15) is 141 Å². The fourth-order valence-corrected chi connectivity index (χ4v) is 13.6. The van der Waals surface area contributed by atoms with Crippen LogP contribution in [0.5, 0.6) is 0 Å². The average Bonchev–Trinajstić information content (AvgIpc) is 0.768. The van der Waals surface area contributed by atoms with Gasteiger partial charge in [-0.3, -0.25) is 28.8 Å². The number of nitrogens with two attached hydrogens (primary N) is 1. The van der Waals surface area contributed by atoms with Crippen LogP contribution in [0.25, 0.3) is 0 Å². The third-order valence-electron chi connectivity index (χ3n) is 19.3. The van der Waals surface area contributed by atoms with Crippen LogP contribution in [-0.2, 0) is 99.8 Å². The highest BCUT2D eigenvalue weighted by molar-refractivity contribution is 5.84. The summed E-state index contributed by atoms with van der Waals surface area (Å²) in [4.78, 5) is 75.3. The number of nitrogens with one attached hydrogen (secondary N) is 5. The summed E-state index contributed by atoms with van der Waals surface area (Å²) in [5, 5.41) is 255. The molecule has 109 heavy (non-hydrogen) atoms. The second-order valence-electron chi connectivity index (χ2n) is 27.1. The van der Waals surface area contributed by atoms with Crippen LogP contribution in [0.2, 0.25) is 0 Å². The predicted octanol–water partition coefficient (Wildman–Crippen LogP) is -19.0. The molecule has 8 aliphatic rings. The molecule has 0 aromatic heterocycles. The zero-order valence-electron chi connectivity index (χ0n) is 58.5. The second-order valence-corrected chi connectivity index (χ2v) is 27.1. The Hall–Kier alpha value is -4.66. The van der Waals surface area contributed by atoms with Gasteiger partial charge in [-0.2, -0.15) is 0 Å². The molecule has 0 aromatic carbocycles. The van der Waals surface area contributed by atoms with Crippen LogP contribution >= 0.6 is 0 Å². The number of aliphatic hydroxyl groups excluding tert-OH is 21. The number of carbonyl (C=O) groups excluding carboxylic acids is 5. The quantitative estimate of drug-likeness (QED) is 0.0318. The maximum absolute atomic E-state index is 13.1. The van der Waals surface area contributed by atoms with Crippen LogP contribution in [0.15, 0.2) is 0 Å². The lowest BCUT2D eigenvalue weighted by atomic mass is 9.93. The summed E-state index contributed by atoms with van der Waals surface area (Å²) in [6.07, 6.45) is -75.7. The average molecular weight is 1590 g/mol. The molecule has 41 atom stereocenters. The van der Waals surface area contributed by atoms with Gasteiger partial charge >= 0.3 is 5.97 Å². The van der Waals surface area contributed by atoms with Crippen molar-refractivity contribution >= 4 is 35.5 Å². The minimum atomic E-state index is -2.57. The van der Waals surface area contributed by atoms with Crippen molar-refractivity contribution in [3.63, 3.8) is 0 Å². The summed E-state index contributed by atoms with van der Waals surface area (Å²) in [6.45, 7) is -4.97.